The van der Waals surface area contributed by atoms with Crippen LogP contribution in [-0.4, -0.2) is 124 Å². The third-order valence-electron chi connectivity index (χ3n) is 11.1. The van der Waals surface area contributed by atoms with Crippen molar-refractivity contribution in [2.24, 2.45) is 23.7 Å². The lowest BCUT2D eigenvalue weighted by Gasteiger charge is -2.48. The minimum absolute atomic E-state index is 0.0573. The van der Waals surface area contributed by atoms with E-state index >= 15 is 0 Å². The Morgan fingerprint density at radius 1 is 1.15 bits per heavy atom. The van der Waals surface area contributed by atoms with Crippen LogP contribution in [0.5, 0.6) is 0 Å². The number of Topliss-reactive ketones (excluding diaryl/α,β-unsaturated/α-hetero) is 1. The fourth-order valence-corrected chi connectivity index (χ4v) is 7.83. The van der Waals surface area contributed by atoms with Crippen LogP contribution in [0.2, 0.25) is 0 Å². The van der Waals surface area contributed by atoms with Crippen molar-refractivity contribution in [2.75, 3.05) is 20.7 Å². The van der Waals surface area contributed by atoms with E-state index in [0.717, 1.165) is 0 Å². The maximum absolute atomic E-state index is 14.0. The number of ether oxygens (including phenoxy) is 5. The Balaban J connectivity index is 2.19. The molecule has 2 saturated heterocycles. The van der Waals surface area contributed by atoms with Gasteiger partial charge < -0.3 is 39.0 Å². The molecule has 2 aliphatic rings. The normalized spacial score (nSPS) is 39.6. The third-order valence-corrected chi connectivity index (χ3v) is 11.1. The van der Waals surface area contributed by atoms with Crippen LogP contribution in [0.15, 0.2) is 24.5 Å². The molecule has 3 rings (SSSR count). The molecule has 14 atom stereocenters. The summed E-state index contributed by atoms with van der Waals surface area (Å²) in [4.78, 5) is 47.4. The van der Waals surface area contributed by atoms with Crippen LogP contribution in [0.4, 0.5) is 0 Å². The van der Waals surface area contributed by atoms with Crippen molar-refractivity contribution in [3.05, 3.63) is 30.1 Å². The summed E-state index contributed by atoms with van der Waals surface area (Å²) in [6.45, 7) is 13.4. The lowest BCUT2D eigenvalue weighted by atomic mass is 9.74. The molecule has 0 amide bonds. The van der Waals surface area contributed by atoms with Crippen molar-refractivity contribution < 1.29 is 53.4 Å². The molecule has 2 aliphatic heterocycles. The molecule has 3 heterocycles. The lowest BCUT2D eigenvalue weighted by Crippen LogP contribution is -2.61. The molecule has 1 aromatic heterocycles. The Hall–Kier alpha value is -2.96. The van der Waals surface area contributed by atoms with Gasteiger partial charge in [-0.1, -0.05) is 39.7 Å². The second-order valence-corrected chi connectivity index (χ2v) is 15.2. The van der Waals surface area contributed by atoms with Gasteiger partial charge in [0.2, 0.25) is 0 Å². The van der Waals surface area contributed by atoms with Crippen molar-refractivity contribution in [2.45, 2.75) is 141 Å². The van der Waals surface area contributed by atoms with E-state index < -0.39 is 89.7 Å². The number of methoxy groups -OCH3 is 1. The van der Waals surface area contributed by atoms with Crippen LogP contribution < -0.4 is 0 Å². The van der Waals surface area contributed by atoms with Gasteiger partial charge in [0.15, 0.2) is 6.29 Å². The van der Waals surface area contributed by atoms with Gasteiger partial charge in [0.05, 0.1) is 42.8 Å². The molecule has 292 valence electrons. The number of carbonyl (C=O) groups excluding carboxylic acids is 3. The number of carbonyl (C=O) groups is 3. The van der Waals surface area contributed by atoms with E-state index in [0.29, 0.717) is 12.0 Å². The molecule has 0 radical (unpaired) electrons. The summed E-state index contributed by atoms with van der Waals surface area (Å²) in [5, 5.41) is 34.6. The number of cyclic esters (lactones) is 1. The molecule has 0 unspecified atom stereocenters. The summed E-state index contributed by atoms with van der Waals surface area (Å²) in [5.41, 5.74) is -2.72. The smallest absolute Gasteiger partial charge is 0.312 e. The van der Waals surface area contributed by atoms with Crippen LogP contribution >= 0.6 is 0 Å². The molecule has 0 spiro atoms. The number of hydrogen-bond donors (Lipinski definition) is 3. The van der Waals surface area contributed by atoms with Crippen molar-refractivity contribution in [1.82, 2.24) is 9.88 Å². The third kappa shape index (κ3) is 9.96. The van der Waals surface area contributed by atoms with Gasteiger partial charge in [-0.15, -0.1) is 6.42 Å². The Morgan fingerprint density at radius 3 is 2.40 bits per heavy atom. The predicted octanol–water partition coefficient (Wildman–Crippen LogP) is 2.71. The quantitative estimate of drug-likeness (QED) is 0.250. The van der Waals surface area contributed by atoms with Gasteiger partial charge in [0.25, 0.3) is 0 Å². The zero-order valence-corrected chi connectivity index (χ0v) is 32.4. The number of esters is 2. The predicted molar refractivity (Wildman–Crippen MR) is 191 cm³/mol. The first-order valence-electron chi connectivity index (χ1n) is 18.2. The molecule has 52 heavy (non-hydrogen) atoms. The van der Waals surface area contributed by atoms with Crippen molar-refractivity contribution in [1.29, 1.82) is 0 Å². The summed E-state index contributed by atoms with van der Waals surface area (Å²) in [6.07, 6.45) is 1.48. The highest BCUT2D eigenvalue weighted by molar-refractivity contribution is 5.83. The van der Waals surface area contributed by atoms with Gasteiger partial charge in [-0.2, -0.15) is 0 Å². The van der Waals surface area contributed by atoms with Crippen LogP contribution in [0.3, 0.4) is 0 Å². The standard InChI is InChI=1S/C39H60N2O11/c1-12-17-41(10)28-18-23(4)49-37(32(28)44)52-35-25(6)33(51-30(42)19-27-15-14-16-40-21-27)26(7)36(46)50-29(13-2)39(9,47)34(45)24(5)31(43)22(3)20-38(35,8)48-11/h1,14-16,21-26,28-29,32-35,37,44-45,47H,13,17-20H2,2-11H3/t22-,23-,24+,25+,26-,28+,29-,32-,33+,34-,35-,37+,38-,39-/m1/s1. The van der Waals surface area contributed by atoms with E-state index in [1.165, 1.54) is 21.0 Å². The van der Waals surface area contributed by atoms with E-state index in [-0.39, 0.29) is 37.7 Å². The summed E-state index contributed by atoms with van der Waals surface area (Å²) in [6, 6.07) is 3.00. The number of nitrogens with zero attached hydrogens (tertiary/aromatic N) is 2. The monoisotopic (exact) mass is 732 g/mol. The average Bonchev–Trinajstić information content (AvgIpc) is 3.11. The summed E-state index contributed by atoms with van der Waals surface area (Å²) < 4.78 is 31.1. The number of aliphatic hydroxyl groups is 3. The molecule has 0 aromatic carbocycles. The Kier molecular flexibility index (Phi) is 15.4. The molecule has 0 bridgehead atoms. The Morgan fingerprint density at radius 2 is 1.83 bits per heavy atom. The van der Waals surface area contributed by atoms with E-state index in [4.69, 9.17) is 30.1 Å². The van der Waals surface area contributed by atoms with E-state index in [1.807, 2.05) is 11.8 Å². The van der Waals surface area contributed by atoms with Crippen LogP contribution in [-0.2, 0) is 44.5 Å². The molecule has 2 fully saturated rings. The maximum Gasteiger partial charge on any atom is 0.312 e. The SMILES string of the molecule is C#CCN(C)[C@H]1C[C@@H](C)O[C@@H](O[C@@H]2[C@@H](C)[C@H](OC(=O)Cc3cccnc3)[C@@H](C)C(=O)O[C@H](CC)[C@@](C)(O)[C@H](O)[C@@H](C)C(=O)[C@H](C)C[C@@]2(C)OC)[C@@H]1O. The molecule has 3 N–H and O–H groups in total. The zero-order chi connectivity index (χ0) is 39.1. The second-order valence-electron chi connectivity index (χ2n) is 15.2. The fourth-order valence-electron chi connectivity index (χ4n) is 7.83. The number of terminal acetylenes is 1. The lowest BCUT2D eigenvalue weighted by molar-refractivity contribution is -0.302. The maximum atomic E-state index is 14.0. The van der Waals surface area contributed by atoms with E-state index in [9.17, 15) is 29.7 Å². The number of ketones is 1. The number of rotatable bonds is 9. The summed E-state index contributed by atoms with van der Waals surface area (Å²) in [5.74, 6) is -2.93. The number of aliphatic hydroxyl groups excluding tert-OH is 2. The Labute approximate surface area is 308 Å². The van der Waals surface area contributed by atoms with Gasteiger partial charge in [-0.05, 0) is 65.6 Å². The molecule has 13 nitrogen and oxygen atoms in total. The fraction of sp³-hybridized carbons (Fsp3) is 0.744. The summed E-state index contributed by atoms with van der Waals surface area (Å²) in [7, 11) is 3.27. The topological polar surface area (TPSA) is 174 Å². The highest BCUT2D eigenvalue weighted by Gasteiger charge is 2.53. The minimum Gasteiger partial charge on any atom is -0.461 e. The molecule has 1 aromatic rings. The second kappa shape index (κ2) is 18.4. The van der Waals surface area contributed by atoms with Crippen LogP contribution in [0.1, 0.15) is 80.2 Å². The van der Waals surface area contributed by atoms with Gasteiger partial charge in [-0.25, -0.2) is 0 Å². The minimum atomic E-state index is -1.99. The average molecular weight is 733 g/mol. The number of aromatic nitrogens is 1. The van der Waals surface area contributed by atoms with Crippen molar-refractivity contribution in [3.63, 3.8) is 0 Å². The number of hydrogen-bond acceptors (Lipinski definition) is 13. The first-order chi connectivity index (χ1) is 24.3. The molecular weight excluding hydrogens is 672 g/mol. The highest BCUT2D eigenvalue weighted by atomic mass is 16.7. The zero-order valence-electron chi connectivity index (χ0n) is 32.4. The first kappa shape index (κ1) is 43.4. The largest absolute Gasteiger partial charge is 0.461 e. The van der Waals surface area contributed by atoms with Gasteiger partial charge in [0.1, 0.15) is 29.7 Å². The van der Waals surface area contributed by atoms with Crippen molar-refractivity contribution in [3.8, 4) is 12.3 Å². The van der Waals surface area contributed by atoms with Gasteiger partial charge in [0, 0.05) is 43.3 Å². The van der Waals surface area contributed by atoms with Crippen molar-refractivity contribution >= 4 is 17.7 Å². The molecule has 0 aliphatic carbocycles. The molecule has 13 heteroatoms. The van der Waals surface area contributed by atoms with Crippen LogP contribution in [0.25, 0.3) is 0 Å². The van der Waals surface area contributed by atoms with Crippen LogP contribution in [0, 0.1) is 36.0 Å². The van der Waals surface area contributed by atoms with E-state index in [2.05, 4.69) is 10.9 Å². The molecular formula is C39H60N2O11. The number of likely N-dealkylation sites (N-methyl/N-ethyl adjacent to an activating group) is 1. The number of pyridine rings is 1. The first-order valence-corrected chi connectivity index (χ1v) is 18.2. The highest BCUT2D eigenvalue weighted by Crippen LogP contribution is 2.40. The van der Waals surface area contributed by atoms with Gasteiger partial charge >= 0.3 is 11.9 Å². The summed E-state index contributed by atoms with van der Waals surface area (Å²) >= 11 is 0. The molecule has 0 saturated carbocycles. The van der Waals surface area contributed by atoms with E-state index in [1.54, 1.807) is 66.2 Å². The van der Waals surface area contributed by atoms with Gasteiger partial charge in [-0.3, -0.25) is 24.3 Å². The Bertz CT molecular complexity index is 1390.